The number of nitriles is 1. The number of thioether (sulfide) groups is 1. The molecule has 7 nitrogen and oxygen atoms in total. The number of nitrogens with one attached hydrogen (secondary N) is 3. The van der Waals surface area contributed by atoms with Crippen LogP contribution in [0.4, 0.5) is 11.4 Å². The monoisotopic (exact) mass is 538 g/mol. The van der Waals surface area contributed by atoms with Crippen LogP contribution >= 0.6 is 11.8 Å². The van der Waals surface area contributed by atoms with Crippen molar-refractivity contribution in [2.24, 2.45) is 0 Å². The number of methoxy groups -OCH3 is 1. The highest BCUT2D eigenvalue weighted by Gasteiger charge is 2.35. The summed E-state index contributed by atoms with van der Waals surface area (Å²) in [5.74, 6) is -0.511. The van der Waals surface area contributed by atoms with Gasteiger partial charge in [-0.05, 0) is 48.7 Å². The minimum Gasteiger partial charge on any atom is -0.495 e. The summed E-state index contributed by atoms with van der Waals surface area (Å²) < 4.78 is 5.39. The predicted octanol–water partition coefficient (Wildman–Crippen LogP) is 5.96. The van der Waals surface area contributed by atoms with E-state index in [1.165, 1.54) is 17.3 Å². The third-order valence-electron chi connectivity index (χ3n) is 6.37. The summed E-state index contributed by atoms with van der Waals surface area (Å²) in [7, 11) is 1.54. The van der Waals surface area contributed by atoms with E-state index in [-0.39, 0.29) is 17.6 Å². The van der Waals surface area contributed by atoms with Gasteiger partial charge in [0.05, 0.1) is 41.1 Å². The number of nitrogens with zero attached hydrogens (tertiary/aromatic N) is 1. The van der Waals surface area contributed by atoms with E-state index in [4.69, 9.17) is 4.74 Å². The van der Waals surface area contributed by atoms with Gasteiger partial charge in [-0.15, -0.1) is 0 Å². The van der Waals surface area contributed by atoms with E-state index in [0.717, 1.165) is 17.7 Å². The molecule has 1 heterocycles. The molecule has 2 amide bonds. The Hall–Kier alpha value is -4.48. The molecule has 8 heteroatoms. The molecule has 3 aromatic carbocycles. The molecule has 4 rings (SSSR count). The maximum Gasteiger partial charge on any atom is 0.254 e. The summed E-state index contributed by atoms with van der Waals surface area (Å²) in [4.78, 5) is 26.4. The summed E-state index contributed by atoms with van der Waals surface area (Å²) in [6.45, 7) is 3.88. The SMILES string of the molecule is CCc1ccc(NC(=O)CSC2=C(C#N)[C@H](c3ccccc3)C(C(=O)Nc3ccccc3OC)=C(C)N2)cc1. The molecule has 0 spiro atoms. The maximum atomic E-state index is 13.6. The van der Waals surface area contributed by atoms with Gasteiger partial charge in [-0.1, -0.05) is 73.3 Å². The second kappa shape index (κ2) is 12.9. The first kappa shape index (κ1) is 27.6. The lowest BCUT2D eigenvalue weighted by Crippen LogP contribution is -2.31. The van der Waals surface area contributed by atoms with E-state index >= 15 is 0 Å². The fourth-order valence-electron chi connectivity index (χ4n) is 4.40. The van der Waals surface area contributed by atoms with Gasteiger partial charge >= 0.3 is 0 Å². The Morgan fingerprint density at radius 1 is 1.00 bits per heavy atom. The minimum absolute atomic E-state index is 0.0978. The highest BCUT2D eigenvalue weighted by Crippen LogP contribution is 2.41. The van der Waals surface area contributed by atoms with Gasteiger partial charge in [-0.25, -0.2) is 0 Å². The number of amides is 2. The fraction of sp³-hybridized carbons (Fsp3) is 0.194. The van der Waals surface area contributed by atoms with E-state index in [1.54, 1.807) is 26.2 Å². The zero-order valence-corrected chi connectivity index (χ0v) is 22.9. The second-order valence-corrected chi connectivity index (χ2v) is 9.89. The van der Waals surface area contributed by atoms with Gasteiger partial charge in [0.1, 0.15) is 5.75 Å². The number of rotatable bonds is 9. The van der Waals surface area contributed by atoms with Crippen molar-refractivity contribution >= 4 is 35.0 Å². The van der Waals surface area contributed by atoms with Crippen LogP contribution in [-0.2, 0) is 16.0 Å². The lowest BCUT2D eigenvalue weighted by atomic mass is 9.82. The number of para-hydroxylation sites is 2. The third-order valence-corrected chi connectivity index (χ3v) is 7.39. The zero-order valence-electron chi connectivity index (χ0n) is 22.1. The van der Waals surface area contributed by atoms with Gasteiger partial charge in [-0.3, -0.25) is 9.59 Å². The number of hydrogen-bond acceptors (Lipinski definition) is 6. The highest BCUT2D eigenvalue weighted by molar-refractivity contribution is 8.03. The van der Waals surface area contributed by atoms with Crippen LogP contribution in [-0.4, -0.2) is 24.7 Å². The molecule has 0 unspecified atom stereocenters. The van der Waals surface area contributed by atoms with Crippen LogP contribution in [0.2, 0.25) is 0 Å². The third kappa shape index (κ3) is 6.51. The molecule has 1 aliphatic heterocycles. The van der Waals surface area contributed by atoms with Crippen molar-refractivity contribution in [1.82, 2.24) is 5.32 Å². The minimum atomic E-state index is -0.612. The van der Waals surface area contributed by atoms with Crippen molar-refractivity contribution in [2.45, 2.75) is 26.2 Å². The summed E-state index contributed by atoms with van der Waals surface area (Å²) in [6, 6.07) is 26.6. The van der Waals surface area contributed by atoms with Crippen LogP contribution in [0.25, 0.3) is 0 Å². The van der Waals surface area contributed by atoms with E-state index in [0.29, 0.717) is 33.3 Å². The Balaban J connectivity index is 1.60. The van der Waals surface area contributed by atoms with Crippen molar-refractivity contribution in [1.29, 1.82) is 5.26 Å². The van der Waals surface area contributed by atoms with Gasteiger partial charge in [-0.2, -0.15) is 5.26 Å². The molecule has 0 fully saturated rings. The number of carbonyl (C=O) groups is 2. The largest absolute Gasteiger partial charge is 0.495 e. The molecule has 3 aromatic rings. The van der Waals surface area contributed by atoms with Crippen molar-refractivity contribution < 1.29 is 14.3 Å². The van der Waals surface area contributed by atoms with Crippen molar-refractivity contribution in [2.75, 3.05) is 23.5 Å². The molecule has 39 heavy (non-hydrogen) atoms. The fourth-order valence-corrected chi connectivity index (χ4v) is 5.29. The predicted molar refractivity (Wildman–Crippen MR) is 156 cm³/mol. The van der Waals surface area contributed by atoms with Gasteiger partial charge in [0.2, 0.25) is 5.91 Å². The number of carbonyl (C=O) groups excluding carboxylic acids is 2. The quantitative estimate of drug-likeness (QED) is 0.310. The molecule has 198 valence electrons. The molecular weight excluding hydrogens is 508 g/mol. The first-order valence-corrected chi connectivity index (χ1v) is 13.6. The maximum absolute atomic E-state index is 13.6. The number of allylic oxidation sites excluding steroid dienone is 2. The molecule has 0 bridgehead atoms. The van der Waals surface area contributed by atoms with Crippen LogP contribution in [0.5, 0.6) is 5.75 Å². The molecule has 0 saturated heterocycles. The van der Waals surface area contributed by atoms with E-state index < -0.39 is 5.92 Å². The second-order valence-electron chi connectivity index (χ2n) is 8.90. The van der Waals surface area contributed by atoms with Crippen molar-refractivity contribution in [3.05, 3.63) is 112 Å². The lowest BCUT2D eigenvalue weighted by molar-refractivity contribution is -0.114. The van der Waals surface area contributed by atoms with Gasteiger partial charge in [0.25, 0.3) is 5.91 Å². The standard InChI is InChI=1S/C31H30N4O3S/c1-4-21-14-16-23(17-15-21)34-27(36)19-39-31-24(18-32)29(22-10-6-5-7-11-22)28(20(2)33-31)30(37)35-25-12-8-9-13-26(25)38-3/h5-17,29,33H,4,19H2,1-3H3,(H,34,36)(H,35,37)/t29-/m0/s1. The number of anilines is 2. The first-order valence-electron chi connectivity index (χ1n) is 12.6. The number of ether oxygens (including phenoxy) is 1. The van der Waals surface area contributed by atoms with Gasteiger partial charge < -0.3 is 20.7 Å². The van der Waals surface area contributed by atoms with Crippen molar-refractivity contribution in [3.63, 3.8) is 0 Å². The van der Waals surface area contributed by atoms with Crippen LogP contribution in [0.15, 0.2) is 101 Å². The highest BCUT2D eigenvalue weighted by atomic mass is 32.2. The van der Waals surface area contributed by atoms with Crippen LogP contribution in [0, 0.1) is 11.3 Å². The molecule has 0 aromatic heterocycles. The smallest absolute Gasteiger partial charge is 0.254 e. The summed E-state index contributed by atoms with van der Waals surface area (Å²) in [5.41, 5.74) is 4.65. The molecule has 3 N–H and O–H groups in total. The Labute approximate surface area is 233 Å². The average Bonchev–Trinajstić information content (AvgIpc) is 2.96. The topological polar surface area (TPSA) is 103 Å². The van der Waals surface area contributed by atoms with E-state index in [9.17, 15) is 14.9 Å². The van der Waals surface area contributed by atoms with Crippen LogP contribution in [0.3, 0.4) is 0 Å². The Kier molecular flexibility index (Phi) is 9.08. The molecule has 1 atom stereocenters. The molecule has 0 saturated carbocycles. The summed E-state index contributed by atoms with van der Waals surface area (Å²) >= 11 is 1.24. The summed E-state index contributed by atoms with van der Waals surface area (Å²) in [5, 5.41) is 19.9. The molecular formula is C31H30N4O3S. The number of dihydropyridines is 1. The normalized spacial score (nSPS) is 14.8. The van der Waals surface area contributed by atoms with Gasteiger partial charge in [0.15, 0.2) is 0 Å². The number of aryl methyl sites for hydroxylation is 1. The number of hydrogen-bond donors (Lipinski definition) is 3. The van der Waals surface area contributed by atoms with Crippen LogP contribution < -0.4 is 20.7 Å². The van der Waals surface area contributed by atoms with E-state index in [2.05, 4.69) is 28.9 Å². The Morgan fingerprint density at radius 2 is 1.69 bits per heavy atom. The molecule has 1 aliphatic rings. The van der Waals surface area contributed by atoms with Gasteiger partial charge in [0, 0.05) is 17.0 Å². The lowest BCUT2D eigenvalue weighted by Gasteiger charge is -2.30. The molecule has 0 aliphatic carbocycles. The first-order chi connectivity index (χ1) is 18.9. The Morgan fingerprint density at radius 3 is 2.36 bits per heavy atom. The molecule has 0 radical (unpaired) electrons. The Bertz CT molecular complexity index is 1460. The average molecular weight is 539 g/mol. The number of benzene rings is 3. The summed E-state index contributed by atoms with van der Waals surface area (Å²) in [6.07, 6.45) is 0.926. The zero-order chi connectivity index (χ0) is 27.8. The van der Waals surface area contributed by atoms with Crippen molar-refractivity contribution in [3.8, 4) is 11.8 Å². The van der Waals surface area contributed by atoms with E-state index in [1.807, 2.05) is 66.7 Å². The van der Waals surface area contributed by atoms with Crippen LogP contribution in [0.1, 0.15) is 30.9 Å².